The number of benzene rings is 1. The Morgan fingerprint density at radius 1 is 1.40 bits per heavy atom. The highest BCUT2D eigenvalue weighted by Gasteiger charge is 2.26. The third kappa shape index (κ3) is 1.31. The molecule has 78 valence electrons. The molecule has 2 aromatic rings. The normalized spacial score (nSPS) is 24.9. The fourth-order valence-electron chi connectivity index (χ4n) is 2.12. The molecule has 1 aliphatic heterocycles. The maximum absolute atomic E-state index is 10.1. The van der Waals surface area contributed by atoms with Crippen LogP contribution in [0.5, 0.6) is 5.75 Å². The Bertz CT molecular complexity index is 513. The molecule has 0 aliphatic carbocycles. The van der Waals surface area contributed by atoms with Crippen LogP contribution in [0.3, 0.4) is 0 Å². The maximum Gasteiger partial charge on any atom is 0.143 e. The van der Waals surface area contributed by atoms with Crippen LogP contribution < -0.4 is 4.74 Å². The van der Waals surface area contributed by atoms with Gasteiger partial charge in [0.1, 0.15) is 18.0 Å². The first-order valence-corrected chi connectivity index (χ1v) is 5.09. The minimum Gasteiger partial charge on any atom is -0.488 e. The van der Waals surface area contributed by atoms with Crippen LogP contribution in [0.25, 0.3) is 10.9 Å². The summed E-state index contributed by atoms with van der Waals surface area (Å²) in [7, 11) is 0. The van der Waals surface area contributed by atoms with Crippen molar-refractivity contribution < 1.29 is 9.84 Å². The van der Waals surface area contributed by atoms with E-state index in [0.717, 1.165) is 16.7 Å². The molecule has 1 unspecified atom stereocenters. The lowest BCUT2D eigenvalue weighted by atomic mass is 10.1. The number of nitrogens with zero attached hydrogens (tertiary/aromatic N) is 1. The van der Waals surface area contributed by atoms with Gasteiger partial charge in [0, 0.05) is 11.6 Å². The predicted octanol–water partition coefficient (Wildman–Crippen LogP) is 1.78. The van der Waals surface area contributed by atoms with Crippen LogP contribution in [0.2, 0.25) is 0 Å². The minimum atomic E-state index is -0.801. The number of ether oxygens (including phenoxy) is 1. The molecule has 0 saturated heterocycles. The lowest BCUT2D eigenvalue weighted by Gasteiger charge is -2.20. The van der Waals surface area contributed by atoms with Crippen LogP contribution >= 0.6 is 0 Å². The highest BCUT2D eigenvalue weighted by molar-refractivity contribution is 5.86. The smallest absolute Gasteiger partial charge is 0.143 e. The van der Waals surface area contributed by atoms with E-state index in [-0.39, 0.29) is 0 Å². The van der Waals surface area contributed by atoms with E-state index in [1.807, 2.05) is 24.4 Å². The van der Waals surface area contributed by atoms with E-state index in [2.05, 4.69) is 10.6 Å². The molecule has 0 radical (unpaired) electrons. The van der Waals surface area contributed by atoms with E-state index in [0.29, 0.717) is 13.2 Å². The van der Waals surface area contributed by atoms with E-state index < -0.39 is 5.60 Å². The second kappa shape index (κ2) is 2.76. The van der Waals surface area contributed by atoms with Crippen molar-refractivity contribution in [3.63, 3.8) is 0 Å². The zero-order valence-electron chi connectivity index (χ0n) is 8.60. The van der Waals surface area contributed by atoms with Crippen LogP contribution in [-0.2, 0) is 6.54 Å². The van der Waals surface area contributed by atoms with Crippen molar-refractivity contribution in [1.29, 1.82) is 0 Å². The highest BCUT2D eigenvalue weighted by Crippen LogP contribution is 2.30. The monoisotopic (exact) mass is 203 g/mol. The zero-order valence-corrected chi connectivity index (χ0v) is 8.60. The Balaban J connectivity index is 2.27. The number of rotatable bonds is 0. The molecular formula is C12H13NO2. The topological polar surface area (TPSA) is 34.4 Å². The van der Waals surface area contributed by atoms with Crippen molar-refractivity contribution in [2.75, 3.05) is 6.61 Å². The van der Waals surface area contributed by atoms with Gasteiger partial charge in [-0.1, -0.05) is 12.1 Å². The van der Waals surface area contributed by atoms with Gasteiger partial charge in [-0.15, -0.1) is 0 Å². The average molecular weight is 203 g/mol. The van der Waals surface area contributed by atoms with Gasteiger partial charge in [0.2, 0.25) is 0 Å². The second-order valence-electron chi connectivity index (χ2n) is 4.42. The van der Waals surface area contributed by atoms with Crippen molar-refractivity contribution in [2.45, 2.75) is 19.1 Å². The molecule has 0 bridgehead atoms. The molecule has 1 aliphatic rings. The third-order valence-electron chi connectivity index (χ3n) is 2.80. The quantitative estimate of drug-likeness (QED) is 0.708. The first-order chi connectivity index (χ1) is 7.16. The van der Waals surface area contributed by atoms with Crippen molar-refractivity contribution in [3.8, 4) is 5.75 Å². The molecule has 15 heavy (non-hydrogen) atoms. The van der Waals surface area contributed by atoms with Gasteiger partial charge in [0.15, 0.2) is 0 Å². The van der Waals surface area contributed by atoms with Gasteiger partial charge >= 0.3 is 0 Å². The third-order valence-corrected chi connectivity index (χ3v) is 2.80. The Morgan fingerprint density at radius 3 is 3.13 bits per heavy atom. The van der Waals surface area contributed by atoms with Crippen molar-refractivity contribution in [2.24, 2.45) is 0 Å². The summed E-state index contributed by atoms with van der Waals surface area (Å²) in [5.41, 5.74) is 0.278. The van der Waals surface area contributed by atoms with Gasteiger partial charge in [-0.05, 0) is 19.1 Å². The molecule has 1 atom stereocenters. The van der Waals surface area contributed by atoms with E-state index in [1.165, 1.54) is 0 Å². The molecule has 0 spiro atoms. The summed E-state index contributed by atoms with van der Waals surface area (Å²) < 4.78 is 7.68. The Hall–Kier alpha value is -1.48. The maximum atomic E-state index is 10.1. The average Bonchev–Trinajstić information content (AvgIpc) is 2.52. The van der Waals surface area contributed by atoms with Gasteiger partial charge in [0.05, 0.1) is 12.1 Å². The standard InChI is InChI=1S/C12H13NO2/c1-12(14)7-13-6-5-9-3-2-4-10(11(9)13)15-8-12/h2-6,14H,7-8H2,1H3. The predicted molar refractivity (Wildman–Crippen MR) is 58.1 cm³/mol. The van der Waals surface area contributed by atoms with E-state index >= 15 is 0 Å². The molecule has 0 amide bonds. The first-order valence-electron chi connectivity index (χ1n) is 5.09. The Labute approximate surface area is 87.9 Å². The number of para-hydroxylation sites is 1. The van der Waals surface area contributed by atoms with Crippen LogP contribution in [0.4, 0.5) is 0 Å². The molecule has 3 nitrogen and oxygen atoms in total. The number of hydrogen-bond donors (Lipinski definition) is 1. The molecule has 3 rings (SSSR count). The van der Waals surface area contributed by atoms with E-state index in [1.54, 1.807) is 6.92 Å². The van der Waals surface area contributed by atoms with Crippen LogP contribution in [0, 0.1) is 0 Å². The first kappa shape index (κ1) is 8.80. The molecular weight excluding hydrogens is 190 g/mol. The van der Waals surface area contributed by atoms with Gasteiger partial charge in [-0.3, -0.25) is 0 Å². The minimum absolute atomic E-state index is 0.341. The van der Waals surface area contributed by atoms with Crippen molar-refractivity contribution >= 4 is 10.9 Å². The summed E-state index contributed by atoms with van der Waals surface area (Å²) >= 11 is 0. The Morgan fingerprint density at radius 2 is 2.27 bits per heavy atom. The van der Waals surface area contributed by atoms with Crippen LogP contribution in [0.1, 0.15) is 6.92 Å². The molecule has 1 aromatic heterocycles. The van der Waals surface area contributed by atoms with Crippen molar-refractivity contribution in [1.82, 2.24) is 4.57 Å². The summed E-state index contributed by atoms with van der Waals surface area (Å²) in [6.45, 7) is 2.71. The van der Waals surface area contributed by atoms with Gasteiger partial charge in [-0.2, -0.15) is 0 Å². The lowest BCUT2D eigenvalue weighted by Crippen LogP contribution is -2.35. The molecule has 1 N–H and O–H groups in total. The Kier molecular flexibility index (Phi) is 1.62. The van der Waals surface area contributed by atoms with Gasteiger partial charge in [-0.25, -0.2) is 0 Å². The summed E-state index contributed by atoms with van der Waals surface area (Å²) in [6.07, 6.45) is 2.00. The van der Waals surface area contributed by atoms with E-state index in [9.17, 15) is 5.11 Å². The molecule has 2 heterocycles. The summed E-state index contributed by atoms with van der Waals surface area (Å²) in [5.74, 6) is 0.857. The van der Waals surface area contributed by atoms with Crippen LogP contribution in [-0.4, -0.2) is 21.9 Å². The second-order valence-corrected chi connectivity index (χ2v) is 4.42. The number of hydrogen-bond acceptors (Lipinski definition) is 2. The summed E-state index contributed by atoms with van der Waals surface area (Å²) in [6, 6.07) is 8.02. The van der Waals surface area contributed by atoms with Gasteiger partial charge in [0.25, 0.3) is 0 Å². The highest BCUT2D eigenvalue weighted by atomic mass is 16.5. The largest absolute Gasteiger partial charge is 0.488 e. The summed E-state index contributed by atoms with van der Waals surface area (Å²) in [4.78, 5) is 0. The molecule has 3 heteroatoms. The van der Waals surface area contributed by atoms with Crippen LogP contribution in [0.15, 0.2) is 30.5 Å². The zero-order chi connectivity index (χ0) is 10.5. The van der Waals surface area contributed by atoms with Crippen molar-refractivity contribution in [3.05, 3.63) is 30.5 Å². The number of aromatic nitrogens is 1. The lowest BCUT2D eigenvalue weighted by molar-refractivity contribution is 0.00298. The molecule has 0 fully saturated rings. The molecule has 0 saturated carbocycles. The molecule has 1 aromatic carbocycles. The SMILES string of the molecule is CC1(O)COc2cccc3ccn(c23)C1. The van der Waals surface area contributed by atoms with E-state index in [4.69, 9.17) is 4.74 Å². The number of aliphatic hydroxyl groups is 1. The van der Waals surface area contributed by atoms with Gasteiger partial charge < -0.3 is 14.4 Å². The summed E-state index contributed by atoms with van der Waals surface area (Å²) in [5, 5.41) is 11.2. The fourth-order valence-corrected chi connectivity index (χ4v) is 2.12. The fraction of sp³-hybridized carbons (Fsp3) is 0.333.